The lowest BCUT2D eigenvalue weighted by molar-refractivity contribution is 0.562. The monoisotopic (exact) mass is 377 g/mol. The second-order valence-corrected chi connectivity index (χ2v) is 9.55. The highest BCUT2D eigenvalue weighted by atomic mass is 35.5. The molecule has 10 heteroatoms. The van der Waals surface area contributed by atoms with Gasteiger partial charge in [-0.05, 0) is 18.6 Å². The maximum absolute atomic E-state index is 12.2. The van der Waals surface area contributed by atoms with Crippen molar-refractivity contribution in [2.45, 2.75) is 17.4 Å². The van der Waals surface area contributed by atoms with Crippen molar-refractivity contribution in [1.82, 2.24) is 4.72 Å². The molecule has 1 aromatic carbocycles. The molecule has 0 saturated carbocycles. The molecule has 0 aromatic heterocycles. The van der Waals surface area contributed by atoms with Crippen LogP contribution in [0.1, 0.15) is 6.42 Å². The summed E-state index contributed by atoms with van der Waals surface area (Å²) >= 11 is 17.4. The summed E-state index contributed by atoms with van der Waals surface area (Å²) in [6, 6.07) is 1.71. The molecule has 1 N–H and O–H groups in total. The summed E-state index contributed by atoms with van der Waals surface area (Å²) in [5, 5.41) is 0.113. The van der Waals surface area contributed by atoms with Gasteiger partial charge in [0.2, 0.25) is 10.0 Å². The van der Waals surface area contributed by atoms with E-state index in [9.17, 15) is 16.8 Å². The first-order valence-corrected chi connectivity index (χ1v) is 9.92. The highest BCUT2D eigenvalue weighted by Crippen LogP contribution is 2.31. The van der Waals surface area contributed by atoms with Crippen LogP contribution >= 0.6 is 34.8 Å². The van der Waals surface area contributed by atoms with Gasteiger partial charge in [0.05, 0.1) is 26.6 Å². The molecule has 1 aliphatic rings. The third kappa shape index (κ3) is 3.58. The molecule has 0 bridgehead atoms. The van der Waals surface area contributed by atoms with E-state index in [1.165, 1.54) is 6.07 Å². The highest BCUT2D eigenvalue weighted by Gasteiger charge is 2.32. The van der Waals surface area contributed by atoms with E-state index in [4.69, 9.17) is 34.8 Å². The van der Waals surface area contributed by atoms with Crippen LogP contribution in [0.2, 0.25) is 15.1 Å². The standard InChI is InChI=1S/C10H10Cl3NO4S2/c11-7-3-9(13)10(4-8(7)12)20(17,18)14-6-1-2-19(15,16)5-6/h3-4,6,14H,1-2,5H2/t6-/m0/s1. The Morgan fingerprint density at radius 1 is 1.10 bits per heavy atom. The summed E-state index contributed by atoms with van der Waals surface area (Å²) < 4.78 is 49.4. The van der Waals surface area contributed by atoms with Crippen LogP contribution in [0.15, 0.2) is 17.0 Å². The topological polar surface area (TPSA) is 80.3 Å². The van der Waals surface area contributed by atoms with Crippen molar-refractivity contribution in [3.63, 3.8) is 0 Å². The lowest BCUT2D eigenvalue weighted by Crippen LogP contribution is -2.35. The van der Waals surface area contributed by atoms with Gasteiger partial charge >= 0.3 is 0 Å². The fourth-order valence-corrected chi connectivity index (χ4v) is 5.93. The lowest BCUT2D eigenvalue weighted by atomic mass is 10.3. The van der Waals surface area contributed by atoms with Crippen LogP contribution in [-0.2, 0) is 19.9 Å². The number of benzene rings is 1. The van der Waals surface area contributed by atoms with Crippen molar-refractivity contribution in [1.29, 1.82) is 0 Å². The maximum Gasteiger partial charge on any atom is 0.242 e. The van der Waals surface area contributed by atoms with Crippen LogP contribution in [0, 0.1) is 0 Å². The Morgan fingerprint density at radius 2 is 1.70 bits per heavy atom. The number of hydrogen-bond acceptors (Lipinski definition) is 4. The van der Waals surface area contributed by atoms with E-state index in [1.54, 1.807) is 0 Å². The van der Waals surface area contributed by atoms with Crippen molar-refractivity contribution in [3.8, 4) is 0 Å². The van der Waals surface area contributed by atoms with Crippen molar-refractivity contribution < 1.29 is 16.8 Å². The first kappa shape index (κ1) is 16.3. The van der Waals surface area contributed by atoms with Gasteiger partial charge in [-0.3, -0.25) is 0 Å². The van der Waals surface area contributed by atoms with Gasteiger partial charge in [0, 0.05) is 6.04 Å². The molecule has 0 radical (unpaired) electrons. The van der Waals surface area contributed by atoms with Crippen LogP contribution in [0.4, 0.5) is 0 Å². The van der Waals surface area contributed by atoms with Crippen molar-refractivity contribution in [2.24, 2.45) is 0 Å². The second kappa shape index (κ2) is 5.62. The molecule has 20 heavy (non-hydrogen) atoms. The quantitative estimate of drug-likeness (QED) is 0.817. The van der Waals surface area contributed by atoms with E-state index in [0.29, 0.717) is 0 Å². The SMILES string of the molecule is O=S1(=O)CC[C@H](NS(=O)(=O)c2cc(Cl)c(Cl)cc2Cl)C1. The Hall–Kier alpha value is -0.0500. The molecular formula is C10H10Cl3NO4S2. The molecule has 1 aromatic rings. The minimum atomic E-state index is -3.95. The van der Waals surface area contributed by atoms with E-state index < -0.39 is 25.9 Å². The summed E-state index contributed by atoms with van der Waals surface area (Å²) in [6.07, 6.45) is 0.237. The Bertz CT molecular complexity index is 746. The Labute approximate surface area is 132 Å². The Kier molecular flexibility index (Phi) is 4.59. The third-order valence-electron chi connectivity index (χ3n) is 2.82. The van der Waals surface area contributed by atoms with Gasteiger partial charge in [-0.1, -0.05) is 34.8 Å². The number of halogens is 3. The molecule has 1 fully saturated rings. The van der Waals surface area contributed by atoms with Crippen LogP contribution in [0.5, 0.6) is 0 Å². The molecular weight excluding hydrogens is 369 g/mol. The molecule has 0 spiro atoms. The number of rotatable bonds is 3. The minimum Gasteiger partial charge on any atom is -0.229 e. The predicted octanol–water partition coefficient (Wildman–Crippen LogP) is 2.11. The normalized spacial score (nSPS) is 22.1. The second-order valence-electron chi connectivity index (χ2n) is 4.42. The van der Waals surface area contributed by atoms with Crippen molar-refractivity contribution in [3.05, 3.63) is 27.2 Å². The molecule has 1 heterocycles. The van der Waals surface area contributed by atoms with Gasteiger partial charge in [-0.2, -0.15) is 0 Å². The van der Waals surface area contributed by atoms with Gasteiger partial charge in [-0.25, -0.2) is 21.6 Å². The average Bonchev–Trinajstić information content (AvgIpc) is 2.62. The molecule has 112 valence electrons. The largest absolute Gasteiger partial charge is 0.242 e. The van der Waals surface area contributed by atoms with Crippen molar-refractivity contribution in [2.75, 3.05) is 11.5 Å². The predicted molar refractivity (Wildman–Crippen MR) is 78.9 cm³/mol. The summed E-state index contributed by atoms with van der Waals surface area (Å²) in [6.45, 7) is 0. The minimum absolute atomic E-state index is 0.0324. The highest BCUT2D eigenvalue weighted by molar-refractivity contribution is 7.92. The van der Waals surface area contributed by atoms with E-state index in [1.807, 2.05) is 0 Å². The smallest absolute Gasteiger partial charge is 0.229 e. The fraction of sp³-hybridized carbons (Fsp3) is 0.400. The molecule has 0 unspecified atom stereocenters. The van der Waals surface area contributed by atoms with Gasteiger partial charge in [0.1, 0.15) is 4.90 Å². The number of sulfone groups is 1. The Balaban J connectivity index is 2.30. The fourth-order valence-electron chi connectivity index (χ4n) is 1.88. The molecule has 0 amide bonds. The van der Waals surface area contributed by atoms with Gasteiger partial charge < -0.3 is 0 Å². The number of hydrogen-bond donors (Lipinski definition) is 1. The number of nitrogens with one attached hydrogen (secondary N) is 1. The summed E-state index contributed by atoms with van der Waals surface area (Å²) in [5.41, 5.74) is 0. The first-order chi connectivity index (χ1) is 9.11. The van der Waals surface area contributed by atoms with Crippen LogP contribution in [-0.4, -0.2) is 34.4 Å². The van der Waals surface area contributed by atoms with Gasteiger partial charge in [0.25, 0.3) is 0 Å². The van der Waals surface area contributed by atoms with E-state index in [-0.39, 0.29) is 37.9 Å². The molecule has 5 nitrogen and oxygen atoms in total. The maximum atomic E-state index is 12.2. The zero-order valence-electron chi connectivity index (χ0n) is 9.94. The third-order valence-corrected chi connectivity index (χ3v) is 7.29. The molecule has 1 atom stereocenters. The van der Waals surface area contributed by atoms with Gasteiger partial charge in [0.15, 0.2) is 9.84 Å². The number of sulfonamides is 1. The van der Waals surface area contributed by atoms with Crippen LogP contribution in [0.25, 0.3) is 0 Å². The Morgan fingerprint density at radius 3 is 2.25 bits per heavy atom. The summed E-state index contributed by atoms with van der Waals surface area (Å²) in [7, 11) is -7.14. The zero-order valence-corrected chi connectivity index (χ0v) is 13.8. The molecule has 2 rings (SSSR count). The van der Waals surface area contributed by atoms with Crippen LogP contribution in [0.3, 0.4) is 0 Å². The average molecular weight is 379 g/mol. The first-order valence-electron chi connectivity index (χ1n) is 5.48. The summed E-state index contributed by atoms with van der Waals surface area (Å²) in [4.78, 5) is -0.224. The summed E-state index contributed by atoms with van der Waals surface area (Å²) in [5.74, 6) is -0.250. The van der Waals surface area contributed by atoms with Crippen LogP contribution < -0.4 is 4.72 Å². The molecule has 0 aliphatic carbocycles. The van der Waals surface area contributed by atoms with Crippen molar-refractivity contribution >= 4 is 54.7 Å². The van der Waals surface area contributed by atoms with E-state index in [2.05, 4.69) is 4.72 Å². The molecule has 1 aliphatic heterocycles. The van der Waals surface area contributed by atoms with E-state index >= 15 is 0 Å². The van der Waals surface area contributed by atoms with Gasteiger partial charge in [-0.15, -0.1) is 0 Å². The lowest BCUT2D eigenvalue weighted by Gasteiger charge is -2.13. The molecule has 1 saturated heterocycles. The van der Waals surface area contributed by atoms with E-state index in [0.717, 1.165) is 6.07 Å². The zero-order chi connectivity index (χ0) is 15.1.